The van der Waals surface area contributed by atoms with Crippen molar-refractivity contribution >= 4 is 51.7 Å². The first kappa shape index (κ1) is 14.5. The first-order valence-electron chi connectivity index (χ1n) is 13.2. The number of aliphatic carboxylic acids is 1. The second-order valence-corrected chi connectivity index (χ2v) is 9.13. The van der Waals surface area contributed by atoms with Gasteiger partial charge in [0.1, 0.15) is 36.5 Å². The molecule has 3 aliphatic heterocycles. The van der Waals surface area contributed by atoms with Crippen molar-refractivity contribution in [3.05, 3.63) is 22.3 Å². The van der Waals surface area contributed by atoms with Crippen LogP contribution < -0.4 is 11.1 Å². The van der Waals surface area contributed by atoms with Crippen LogP contribution in [0.2, 0.25) is 0 Å². The number of carboxylic acid groups (broad SMARTS) is 1. The summed E-state index contributed by atoms with van der Waals surface area (Å²) in [5.74, 6) is -3.36. The van der Waals surface area contributed by atoms with Crippen LogP contribution in [0.4, 0.5) is 5.13 Å². The van der Waals surface area contributed by atoms with Gasteiger partial charge in [0, 0.05) is 34.9 Å². The number of amides is 2. The Kier molecular flexibility index (Phi) is 3.95. The van der Waals surface area contributed by atoms with Crippen molar-refractivity contribution in [2.24, 2.45) is 5.16 Å². The Bertz CT molecular complexity index is 1330. The van der Waals surface area contributed by atoms with E-state index in [9.17, 15) is 19.5 Å². The molecule has 3 aliphatic rings. The van der Waals surface area contributed by atoms with Gasteiger partial charge in [0.25, 0.3) is 11.8 Å². The Hall–Kier alpha value is -2.64. The van der Waals surface area contributed by atoms with Gasteiger partial charge in [-0.2, -0.15) is 0 Å². The fourth-order valence-corrected chi connectivity index (χ4v) is 5.38. The summed E-state index contributed by atoms with van der Waals surface area (Å²) in [4.78, 5) is 47.9. The van der Waals surface area contributed by atoms with Gasteiger partial charge in [0.05, 0.1) is 25.5 Å². The zero-order valence-corrected chi connectivity index (χ0v) is 18.5. The van der Waals surface area contributed by atoms with Crippen molar-refractivity contribution in [3.63, 3.8) is 0 Å². The van der Waals surface area contributed by atoms with E-state index in [1.807, 2.05) is 0 Å². The number of aromatic nitrogens is 1. The molecule has 1 aromatic heterocycles. The molecule has 0 unspecified atom stereocenters. The van der Waals surface area contributed by atoms with Gasteiger partial charge in [-0.25, -0.2) is 9.78 Å². The monoisotopic (exact) mass is 489 g/mol. The number of quaternary nitrogens is 1. The summed E-state index contributed by atoms with van der Waals surface area (Å²) in [5.41, 5.74) is 4.80. The molecule has 32 heavy (non-hydrogen) atoms. The fourth-order valence-electron chi connectivity index (χ4n) is 3.50. The van der Waals surface area contributed by atoms with Gasteiger partial charge in [0.2, 0.25) is 0 Å². The van der Waals surface area contributed by atoms with E-state index in [0.29, 0.717) is 0 Å². The third kappa shape index (κ3) is 4.07. The van der Waals surface area contributed by atoms with Crippen molar-refractivity contribution < 1.29 is 39.8 Å². The number of thioether (sulfide) groups is 1. The lowest BCUT2D eigenvalue weighted by molar-refractivity contribution is -0.893. The number of likely N-dealkylation sites (N-methyl/N-ethyl adjacent to an activating group) is 1. The van der Waals surface area contributed by atoms with Crippen LogP contribution in [0.15, 0.2) is 21.8 Å². The Morgan fingerprint density at radius 2 is 2.22 bits per heavy atom. The largest absolute Gasteiger partial charge is 0.477 e. The van der Waals surface area contributed by atoms with E-state index in [0.717, 1.165) is 35.0 Å². The Labute approximate surface area is 204 Å². The summed E-state index contributed by atoms with van der Waals surface area (Å²) in [5, 5.41) is 16.9. The van der Waals surface area contributed by atoms with Crippen LogP contribution in [0.25, 0.3) is 0 Å². The number of nitrogen functional groups attached to an aromatic ring is 1. The molecule has 0 bridgehead atoms. The number of carbonyl (C=O) groups is 3. The SMILES string of the molecule is [2H]C1([2H])C([2H])([2H])C([2H])([2H])[N+](C)(CC2=C(C(=O)O)N3C(=O)[C@@H](NC(=O)/C(=N/OC)c4csc(N)n4)[C@H]3SC2)C1([2H])[2H]. The second kappa shape index (κ2) is 8.71. The number of carboxylic acids is 1. The summed E-state index contributed by atoms with van der Waals surface area (Å²) in [6.07, 6.45) is -6.56. The van der Waals surface area contributed by atoms with E-state index in [2.05, 4.69) is 15.5 Å². The average molecular weight is 490 g/mol. The van der Waals surface area contributed by atoms with Crippen molar-refractivity contribution in [2.75, 3.05) is 45.2 Å². The van der Waals surface area contributed by atoms with Gasteiger partial charge >= 0.3 is 5.97 Å². The van der Waals surface area contributed by atoms with E-state index >= 15 is 0 Å². The standard InChI is InChI=1S/C19H24N6O5S2/c1-25(5-3-4-6-25)7-10-8-31-17-13(16(27)24(17)14(10)18(28)29)22-15(26)12(23-30-2)11-9-32-19(20)21-11/h9,13,17H,3-8H2,1-2H3,(H3-,20,21,22,26,28,29)/p+1/b23-12+/t13-,17-/m1/s1/i3D2,4D2,5D2,6D2. The van der Waals surface area contributed by atoms with E-state index in [1.165, 1.54) is 12.5 Å². The number of nitrogens with zero attached hydrogens (tertiary/aromatic N) is 4. The molecule has 13 heteroatoms. The molecule has 4 heterocycles. The average Bonchev–Trinajstić information content (AvgIpc) is 3.31. The Balaban J connectivity index is 1.64. The highest BCUT2D eigenvalue weighted by molar-refractivity contribution is 8.00. The number of rotatable bonds is 7. The molecule has 2 amide bonds. The molecule has 11 nitrogen and oxygen atoms in total. The lowest BCUT2D eigenvalue weighted by Gasteiger charge is -2.49. The van der Waals surface area contributed by atoms with Crippen molar-refractivity contribution in [1.82, 2.24) is 15.2 Å². The maximum Gasteiger partial charge on any atom is 0.352 e. The van der Waals surface area contributed by atoms with Gasteiger partial charge in [-0.15, -0.1) is 23.1 Å². The van der Waals surface area contributed by atoms with E-state index in [-0.39, 0.29) is 27.9 Å². The molecule has 0 radical (unpaired) electrons. The first-order chi connectivity index (χ1) is 18.3. The number of fused-ring (bicyclic) bond motifs is 1. The molecule has 0 aliphatic carbocycles. The van der Waals surface area contributed by atoms with E-state index in [4.69, 9.17) is 21.5 Å². The van der Waals surface area contributed by atoms with E-state index in [1.54, 1.807) is 0 Å². The summed E-state index contributed by atoms with van der Waals surface area (Å²) < 4.78 is 64.4. The number of nitrogens with one attached hydrogen (secondary N) is 1. The van der Waals surface area contributed by atoms with Crippen molar-refractivity contribution in [1.29, 1.82) is 0 Å². The van der Waals surface area contributed by atoms with Crippen LogP contribution >= 0.6 is 23.1 Å². The van der Waals surface area contributed by atoms with Gasteiger partial charge in [-0.05, 0) is 0 Å². The molecule has 0 spiro atoms. The molecule has 4 N–H and O–H groups in total. The predicted octanol–water partition coefficient (Wildman–Crippen LogP) is 0.0548. The normalized spacial score (nSPS) is 34.8. The number of anilines is 1. The van der Waals surface area contributed by atoms with Crippen molar-refractivity contribution in [3.8, 4) is 0 Å². The highest BCUT2D eigenvalue weighted by Gasteiger charge is 2.55. The number of oxime groups is 1. The summed E-state index contributed by atoms with van der Waals surface area (Å²) in [6, 6.07) is -1.18. The Morgan fingerprint density at radius 3 is 2.81 bits per heavy atom. The van der Waals surface area contributed by atoms with Crippen molar-refractivity contribution in [2.45, 2.75) is 24.2 Å². The highest BCUT2D eigenvalue weighted by atomic mass is 32.2. The Morgan fingerprint density at radius 1 is 1.50 bits per heavy atom. The minimum atomic E-state index is -3.28. The molecular weight excluding hydrogens is 456 g/mol. The molecule has 2 atom stereocenters. The molecule has 4 rings (SSSR count). The molecule has 2 saturated heterocycles. The van der Waals surface area contributed by atoms with Gasteiger partial charge in [-0.3, -0.25) is 14.5 Å². The minimum absolute atomic E-state index is 0.0878. The first-order valence-corrected chi connectivity index (χ1v) is 11.1. The summed E-state index contributed by atoms with van der Waals surface area (Å²) in [7, 11) is 2.18. The zero-order chi connectivity index (χ0) is 30.2. The zero-order valence-electron chi connectivity index (χ0n) is 24.9. The van der Waals surface area contributed by atoms with Crippen LogP contribution in [-0.2, 0) is 19.2 Å². The maximum atomic E-state index is 13.1. The summed E-state index contributed by atoms with van der Waals surface area (Å²) >= 11 is 2.07. The number of carbonyl (C=O) groups excluding carboxylic acids is 2. The number of hydrogen-bond acceptors (Lipinski definition) is 9. The van der Waals surface area contributed by atoms with E-state index < -0.39 is 71.7 Å². The summed E-state index contributed by atoms with van der Waals surface area (Å²) in [6.45, 7) is -6.98. The van der Waals surface area contributed by atoms with Crippen LogP contribution in [0.1, 0.15) is 29.4 Å². The minimum Gasteiger partial charge on any atom is -0.477 e. The second-order valence-electron chi connectivity index (χ2n) is 7.13. The van der Waals surface area contributed by atoms with Gasteiger partial charge in [-0.1, -0.05) is 5.16 Å². The predicted molar refractivity (Wildman–Crippen MR) is 120 cm³/mol. The third-order valence-corrected chi connectivity index (χ3v) is 6.89. The number of thiazole rings is 1. The topological polar surface area (TPSA) is 147 Å². The lowest BCUT2D eigenvalue weighted by Crippen LogP contribution is -2.71. The number of likely N-dealkylation sites (tertiary alicyclic amines) is 1. The number of hydrogen-bond donors (Lipinski definition) is 3. The molecule has 1 aromatic rings. The lowest BCUT2D eigenvalue weighted by atomic mass is 10.0. The number of nitrogens with two attached hydrogens (primary N) is 1. The number of β-lactam (4-membered cyclic amide) rings is 1. The van der Waals surface area contributed by atoms with Crippen LogP contribution in [0.3, 0.4) is 0 Å². The third-order valence-electron chi connectivity index (χ3n) is 4.87. The molecule has 0 aromatic carbocycles. The molecule has 0 saturated carbocycles. The van der Waals surface area contributed by atoms with Crippen LogP contribution in [-0.4, -0.2) is 93.8 Å². The molecule has 172 valence electrons. The van der Waals surface area contributed by atoms with Gasteiger partial charge < -0.3 is 25.5 Å². The van der Waals surface area contributed by atoms with Crippen LogP contribution in [0, 0.1) is 0 Å². The van der Waals surface area contributed by atoms with Crippen LogP contribution in [0.5, 0.6) is 0 Å². The quantitative estimate of drug-likeness (QED) is 0.211. The smallest absolute Gasteiger partial charge is 0.352 e. The van der Waals surface area contributed by atoms with Gasteiger partial charge in [0.15, 0.2) is 10.8 Å². The molecular formula is C19H25N6O5S2+. The maximum absolute atomic E-state index is 13.1. The molecule has 2 fully saturated rings. The fraction of sp³-hybridized carbons (Fsp3) is 0.526. The highest BCUT2D eigenvalue weighted by Crippen LogP contribution is 2.41.